The molecular formula is C58H112O6. The fraction of sp³-hybridized carbons (Fsp3) is 0.948. The van der Waals surface area contributed by atoms with Crippen molar-refractivity contribution >= 4 is 17.9 Å². The molecule has 0 bridgehead atoms. The normalized spacial score (nSPS) is 12.0. The predicted molar refractivity (Wildman–Crippen MR) is 275 cm³/mol. The van der Waals surface area contributed by atoms with E-state index in [0.717, 1.165) is 63.7 Å². The van der Waals surface area contributed by atoms with Crippen LogP contribution in [0.5, 0.6) is 0 Å². The molecule has 0 aromatic rings. The van der Waals surface area contributed by atoms with Gasteiger partial charge in [0.2, 0.25) is 0 Å². The van der Waals surface area contributed by atoms with E-state index in [4.69, 9.17) is 14.2 Å². The van der Waals surface area contributed by atoms with E-state index in [1.807, 2.05) is 0 Å². The third-order valence-electron chi connectivity index (χ3n) is 13.3. The van der Waals surface area contributed by atoms with E-state index >= 15 is 0 Å². The van der Waals surface area contributed by atoms with Crippen LogP contribution in [0.15, 0.2) is 0 Å². The molecular weight excluding hydrogens is 793 g/mol. The maximum atomic E-state index is 12.8. The number of hydrogen-bond donors (Lipinski definition) is 0. The van der Waals surface area contributed by atoms with Gasteiger partial charge in [-0.3, -0.25) is 14.4 Å². The Labute approximate surface area is 399 Å². The van der Waals surface area contributed by atoms with Crippen LogP contribution in [0.2, 0.25) is 0 Å². The van der Waals surface area contributed by atoms with Crippen molar-refractivity contribution in [1.82, 2.24) is 0 Å². The van der Waals surface area contributed by atoms with Gasteiger partial charge in [0.15, 0.2) is 6.10 Å². The zero-order chi connectivity index (χ0) is 46.7. The highest BCUT2D eigenvalue weighted by Gasteiger charge is 2.19. The van der Waals surface area contributed by atoms with Crippen molar-refractivity contribution in [2.45, 2.75) is 336 Å². The monoisotopic (exact) mass is 905 g/mol. The number of ether oxygens (including phenoxy) is 3. The van der Waals surface area contributed by atoms with Gasteiger partial charge in [-0.2, -0.15) is 0 Å². The van der Waals surface area contributed by atoms with Crippen LogP contribution in [0, 0.1) is 5.92 Å². The standard InChI is InChI=1S/C58H112O6/c1-5-7-9-11-13-15-17-19-20-21-22-23-24-25-31-35-39-43-47-51-58(61)64-55(52-62-56(59)49-45-41-37-33-29-18-16-14-12-10-8-6-2)53-63-57(60)50-46-42-38-34-30-27-26-28-32-36-40-44-48-54(3)4/h54-55H,5-53H2,1-4H3/t55-/m1/s1. The molecule has 0 heterocycles. The topological polar surface area (TPSA) is 78.9 Å². The fourth-order valence-electron chi connectivity index (χ4n) is 8.92. The van der Waals surface area contributed by atoms with Gasteiger partial charge in [-0.1, -0.05) is 291 Å². The van der Waals surface area contributed by atoms with Crippen LogP contribution in [0.1, 0.15) is 329 Å². The first-order chi connectivity index (χ1) is 31.4. The summed E-state index contributed by atoms with van der Waals surface area (Å²) in [7, 11) is 0. The lowest BCUT2D eigenvalue weighted by Crippen LogP contribution is -2.30. The third-order valence-corrected chi connectivity index (χ3v) is 13.3. The second-order valence-corrected chi connectivity index (χ2v) is 20.4. The molecule has 0 amide bonds. The van der Waals surface area contributed by atoms with Crippen molar-refractivity contribution in [3.63, 3.8) is 0 Å². The van der Waals surface area contributed by atoms with Crippen molar-refractivity contribution in [2.24, 2.45) is 5.92 Å². The molecule has 0 radical (unpaired) electrons. The van der Waals surface area contributed by atoms with Gasteiger partial charge in [-0.05, 0) is 25.2 Å². The summed E-state index contributed by atoms with van der Waals surface area (Å²) in [6.45, 7) is 9.05. The van der Waals surface area contributed by atoms with Gasteiger partial charge < -0.3 is 14.2 Å². The van der Waals surface area contributed by atoms with E-state index in [9.17, 15) is 14.4 Å². The Kier molecular flexibility index (Phi) is 51.1. The minimum atomic E-state index is -0.761. The van der Waals surface area contributed by atoms with E-state index in [2.05, 4.69) is 27.7 Å². The van der Waals surface area contributed by atoms with Gasteiger partial charge in [0.25, 0.3) is 0 Å². The highest BCUT2D eigenvalue weighted by Crippen LogP contribution is 2.18. The Morgan fingerprint density at radius 2 is 0.516 bits per heavy atom. The molecule has 0 rings (SSSR count). The van der Waals surface area contributed by atoms with Crippen LogP contribution in [-0.2, 0) is 28.6 Å². The molecule has 0 saturated heterocycles. The van der Waals surface area contributed by atoms with E-state index in [0.29, 0.717) is 19.3 Å². The molecule has 6 nitrogen and oxygen atoms in total. The Hall–Kier alpha value is -1.59. The first-order valence-electron chi connectivity index (χ1n) is 28.9. The summed E-state index contributed by atoms with van der Waals surface area (Å²) in [5.41, 5.74) is 0. The lowest BCUT2D eigenvalue weighted by atomic mass is 10.0. The molecule has 0 aromatic heterocycles. The highest BCUT2D eigenvalue weighted by atomic mass is 16.6. The average Bonchev–Trinajstić information content (AvgIpc) is 3.28. The lowest BCUT2D eigenvalue weighted by Gasteiger charge is -2.18. The third kappa shape index (κ3) is 51.4. The minimum Gasteiger partial charge on any atom is -0.462 e. The number of carbonyl (C=O) groups excluding carboxylic acids is 3. The molecule has 0 fully saturated rings. The second kappa shape index (κ2) is 52.4. The van der Waals surface area contributed by atoms with Crippen molar-refractivity contribution in [3.8, 4) is 0 Å². The van der Waals surface area contributed by atoms with Gasteiger partial charge >= 0.3 is 17.9 Å². The molecule has 0 aromatic carbocycles. The first-order valence-corrected chi connectivity index (χ1v) is 28.9. The summed E-state index contributed by atoms with van der Waals surface area (Å²) in [5.74, 6) is -0.00271. The molecule has 0 spiro atoms. The van der Waals surface area contributed by atoms with Gasteiger partial charge in [0.05, 0.1) is 0 Å². The van der Waals surface area contributed by atoms with E-state index in [1.54, 1.807) is 0 Å². The van der Waals surface area contributed by atoms with Crippen molar-refractivity contribution in [1.29, 1.82) is 0 Å². The van der Waals surface area contributed by atoms with Gasteiger partial charge in [0.1, 0.15) is 13.2 Å². The number of rotatable bonds is 53. The Balaban J connectivity index is 4.27. The summed E-state index contributed by atoms with van der Waals surface area (Å²) in [5, 5.41) is 0. The smallest absolute Gasteiger partial charge is 0.306 e. The lowest BCUT2D eigenvalue weighted by molar-refractivity contribution is -0.167. The summed E-state index contributed by atoms with van der Waals surface area (Å²) in [4.78, 5) is 38.1. The van der Waals surface area contributed by atoms with E-state index in [-0.39, 0.29) is 31.1 Å². The quantitative estimate of drug-likeness (QED) is 0.0344. The molecule has 0 aliphatic heterocycles. The minimum absolute atomic E-state index is 0.0621. The molecule has 0 saturated carbocycles. The highest BCUT2D eigenvalue weighted by molar-refractivity contribution is 5.71. The van der Waals surface area contributed by atoms with Crippen LogP contribution in [-0.4, -0.2) is 37.2 Å². The molecule has 6 heteroatoms. The van der Waals surface area contributed by atoms with Crippen LogP contribution in [0.25, 0.3) is 0 Å². The summed E-state index contributed by atoms with van der Waals surface area (Å²) in [6, 6.07) is 0. The van der Waals surface area contributed by atoms with Crippen LogP contribution < -0.4 is 0 Å². The molecule has 64 heavy (non-hydrogen) atoms. The average molecular weight is 906 g/mol. The molecule has 0 aliphatic rings. The van der Waals surface area contributed by atoms with Crippen LogP contribution >= 0.6 is 0 Å². The maximum Gasteiger partial charge on any atom is 0.306 e. The number of hydrogen-bond acceptors (Lipinski definition) is 6. The van der Waals surface area contributed by atoms with Crippen molar-refractivity contribution in [3.05, 3.63) is 0 Å². The molecule has 1 atom stereocenters. The van der Waals surface area contributed by atoms with Gasteiger partial charge in [-0.25, -0.2) is 0 Å². The van der Waals surface area contributed by atoms with E-state index in [1.165, 1.54) is 225 Å². The molecule has 0 unspecified atom stereocenters. The Bertz CT molecular complexity index is 964. The molecule has 0 N–H and O–H groups in total. The van der Waals surface area contributed by atoms with Gasteiger partial charge in [-0.15, -0.1) is 0 Å². The zero-order valence-corrected chi connectivity index (χ0v) is 43.8. The molecule has 380 valence electrons. The Morgan fingerprint density at radius 1 is 0.297 bits per heavy atom. The van der Waals surface area contributed by atoms with Crippen molar-refractivity contribution in [2.75, 3.05) is 13.2 Å². The summed E-state index contributed by atoms with van der Waals surface area (Å²) in [6.07, 6.45) is 56.6. The SMILES string of the molecule is CCCCCCCCCCCCCCCCCCCCCC(=O)O[C@H](COC(=O)CCCCCCCCCCCCCC)COC(=O)CCCCCCCCCCCCCCC(C)C. The van der Waals surface area contributed by atoms with Crippen LogP contribution in [0.3, 0.4) is 0 Å². The van der Waals surface area contributed by atoms with Gasteiger partial charge in [0, 0.05) is 19.3 Å². The second-order valence-electron chi connectivity index (χ2n) is 20.4. The van der Waals surface area contributed by atoms with Crippen molar-refractivity contribution < 1.29 is 28.6 Å². The largest absolute Gasteiger partial charge is 0.462 e. The Morgan fingerprint density at radius 3 is 0.766 bits per heavy atom. The summed E-state index contributed by atoms with van der Waals surface area (Å²) < 4.78 is 16.9. The number of unbranched alkanes of at least 4 members (excludes halogenated alkanes) is 40. The fourth-order valence-corrected chi connectivity index (χ4v) is 8.92. The number of carbonyl (C=O) groups is 3. The number of esters is 3. The molecule has 0 aliphatic carbocycles. The van der Waals surface area contributed by atoms with E-state index < -0.39 is 6.10 Å². The maximum absolute atomic E-state index is 12.8. The predicted octanol–water partition coefficient (Wildman–Crippen LogP) is 19.0. The first kappa shape index (κ1) is 62.4. The van der Waals surface area contributed by atoms with Crippen LogP contribution in [0.4, 0.5) is 0 Å². The zero-order valence-electron chi connectivity index (χ0n) is 43.8. The summed E-state index contributed by atoms with van der Waals surface area (Å²) >= 11 is 0.